The molecule has 4 nitrogen and oxygen atoms in total. The number of ether oxygens (including phenoxy) is 1. The molecule has 4 heteroatoms. The summed E-state index contributed by atoms with van der Waals surface area (Å²) in [5, 5.41) is 0. The van der Waals surface area contributed by atoms with E-state index >= 15 is 0 Å². The average Bonchev–Trinajstić information content (AvgIpc) is 2.61. The summed E-state index contributed by atoms with van der Waals surface area (Å²) in [6.07, 6.45) is 5.79. The van der Waals surface area contributed by atoms with Crippen LogP contribution in [0.15, 0.2) is 12.5 Å². The molecule has 0 fully saturated rings. The van der Waals surface area contributed by atoms with Gasteiger partial charge in [-0.2, -0.15) is 0 Å². The van der Waals surface area contributed by atoms with Crippen molar-refractivity contribution in [1.82, 2.24) is 9.55 Å². The highest BCUT2D eigenvalue weighted by molar-refractivity contribution is 4.96. The van der Waals surface area contributed by atoms with Gasteiger partial charge in [0.25, 0.3) is 0 Å². The molecule has 0 aliphatic carbocycles. The standard InChI is InChI=1S/C10H19N3O/c1-2-6-14-7-5-13-8-10(3-4-11)12-9-13/h8-9H,2-7,11H2,1H3. The Morgan fingerprint density at radius 1 is 1.50 bits per heavy atom. The molecule has 0 aliphatic heterocycles. The van der Waals surface area contributed by atoms with Crippen LogP contribution in [0, 0.1) is 0 Å². The molecule has 0 spiro atoms. The van der Waals surface area contributed by atoms with E-state index < -0.39 is 0 Å². The lowest BCUT2D eigenvalue weighted by atomic mass is 10.3. The van der Waals surface area contributed by atoms with Gasteiger partial charge in [0.05, 0.1) is 18.6 Å². The van der Waals surface area contributed by atoms with Crippen LogP contribution in [-0.2, 0) is 17.7 Å². The van der Waals surface area contributed by atoms with Crippen LogP contribution in [0.1, 0.15) is 19.0 Å². The van der Waals surface area contributed by atoms with Crippen molar-refractivity contribution >= 4 is 0 Å². The van der Waals surface area contributed by atoms with E-state index in [0.717, 1.165) is 38.3 Å². The Hall–Kier alpha value is -0.870. The molecule has 1 aromatic heterocycles. The molecule has 2 N–H and O–H groups in total. The quantitative estimate of drug-likeness (QED) is 0.658. The molecule has 80 valence electrons. The number of hydrogen-bond donors (Lipinski definition) is 1. The monoisotopic (exact) mass is 197 g/mol. The Balaban J connectivity index is 2.22. The second-order valence-corrected chi connectivity index (χ2v) is 3.25. The maximum atomic E-state index is 5.44. The van der Waals surface area contributed by atoms with Crippen LogP contribution >= 0.6 is 0 Å². The molecule has 1 heterocycles. The third kappa shape index (κ3) is 3.89. The minimum absolute atomic E-state index is 0.656. The van der Waals surface area contributed by atoms with E-state index in [1.165, 1.54) is 0 Å². The fraction of sp³-hybridized carbons (Fsp3) is 0.700. The van der Waals surface area contributed by atoms with E-state index in [-0.39, 0.29) is 0 Å². The molecule has 0 aromatic carbocycles. The molecule has 0 unspecified atom stereocenters. The Morgan fingerprint density at radius 2 is 2.36 bits per heavy atom. The van der Waals surface area contributed by atoms with Crippen molar-refractivity contribution in [3.8, 4) is 0 Å². The van der Waals surface area contributed by atoms with E-state index in [1.54, 1.807) is 0 Å². The van der Waals surface area contributed by atoms with Crippen molar-refractivity contribution in [2.75, 3.05) is 19.8 Å². The third-order valence-corrected chi connectivity index (χ3v) is 1.93. The Kier molecular flexibility index (Phi) is 5.25. The molecule has 0 atom stereocenters. The van der Waals surface area contributed by atoms with E-state index in [1.807, 2.05) is 17.1 Å². The summed E-state index contributed by atoms with van der Waals surface area (Å²) < 4.78 is 7.42. The van der Waals surface area contributed by atoms with Gasteiger partial charge in [-0.1, -0.05) is 6.92 Å². The molecule has 0 saturated heterocycles. The number of aromatic nitrogens is 2. The van der Waals surface area contributed by atoms with Crippen LogP contribution in [0.3, 0.4) is 0 Å². The maximum absolute atomic E-state index is 5.44. The van der Waals surface area contributed by atoms with Crippen molar-refractivity contribution in [2.24, 2.45) is 5.73 Å². The topological polar surface area (TPSA) is 53.1 Å². The summed E-state index contributed by atoms with van der Waals surface area (Å²) in [4.78, 5) is 4.23. The number of nitrogens with two attached hydrogens (primary N) is 1. The molecule has 14 heavy (non-hydrogen) atoms. The molecule has 1 rings (SSSR count). The number of nitrogens with zero attached hydrogens (tertiary/aromatic N) is 2. The van der Waals surface area contributed by atoms with E-state index in [0.29, 0.717) is 6.54 Å². The minimum Gasteiger partial charge on any atom is -0.380 e. The summed E-state index contributed by atoms with van der Waals surface area (Å²) >= 11 is 0. The minimum atomic E-state index is 0.656. The summed E-state index contributed by atoms with van der Waals surface area (Å²) in [6.45, 7) is 5.23. The maximum Gasteiger partial charge on any atom is 0.0950 e. The predicted molar refractivity (Wildman–Crippen MR) is 56.1 cm³/mol. The van der Waals surface area contributed by atoms with Gasteiger partial charge >= 0.3 is 0 Å². The van der Waals surface area contributed by atoms with Gasteiger partial charge in [-0.05, 0) is 13.0 Å². The molecule has 0 saturated carbocycles. The van der Waals surface area contributed by atoms with Crippen LogP contribution in [0.2, 0.25) is 0 Å². The molecule has 0 radical (unpaired) electrons. The fourth-order valence-electron chi connectivity index (χ4n) is 1.22. The van der Waals surface area contributed by atoms with Crippen molar-refractivity contribution in [3.05, 3.63) is 18.2 Å². The van der Waals surface area contributed by atoms with E-state index in [4.69, 9.17) is 10.5 Å². The van der Waals surface area contributed by atoms with Gasteiger partial charge in [0, 0.05) is 25.8 Å². The van der Waals surface area contributed by atoms with Gasteiger partial charge in [-0.3, -0.25) is 0 Å². The Labute approximate surface area is 85.1 Å². The fourth-order valence-corrected chi connectivity index (χ4v) is 1.22. The largest absolute Gasteiger partial charge is 0.380 e. The highest BCUT2D eigenvalue weighted by Crippen LogP contribution is 1.96. The highest BCUT2D eigenvalue weighted by Gasteiger charge is 1.96. The second kappa shape index (κ2) is 6.56. The molecular weight excluding hydrogens is 178 g/mol. The summed E-state index contributed by atoms with van der Waals surface area (Å²) in [5.41, 5.74) is 6.49. The first-order valence-corrected chi connectivity index (χ1v) is 5.15. The normalized spacial score (nSPS) is 10.7. The number of rotatable bonds is 7. The van der Waals surface area contributed by atoms with E-state index in [2.05, 4.69) is 11.9 Å². The first-order chi connectivity index (χ1) is 6.86. The number of imidazole rings is 1. The second-order valence-electron chi connectivity index (χ2n) is 3.25. The van der Waals surface area contributed by atoms with Crippen LogP contribution in [0.25, 0.3) is 0 Å². The van der Waals surface area contributed by atoms with Crippen LogP contribution in [0.4, 0.5) is 0 Å². The lowest BCUT2D eigenvalue weighted by Gasteiger charge is -2.02. The Bertz CT molecular complexity index is 247. The van der Waals surface area contributed by atoms with Gasteiger partial charge in [0.15, 0.2) is 0 Å². The third-order valence-electron chi connectivity index (χ3n) is 1.93. The lowest BCUT2D eigenvalue weighted by molar-refractivity contribution is 0.127. The summed E-state index contributed by atoms with van der Waals surface area (Å²) in [6, 6.07) is 0. The average molecular weight is 197 g/mol. The van der Waals surface area contributed by atoms with Gasteiger partial charge in [0.1, 0.15) is 0 Å². The first-order valence-electron chi connectivity index (χ1n) is 5.15. The van der Waals surface area contributed by atoms with Gasteiger partial charge in [-0.15, -0.1) is 0 Å². The summed E-state index contributed by atoms with van der Waals surface area (Å²) in [7, 11) is 0. The molecule has 1 aromatic rings. The van der Waals surface area contributed by atoms with Crippen molar-refractivity contribution in [3.63, 3.8) is 0 Å². The first kappa shape index (κ1) is 11.2. The zero-order valence-corrected chi connectivity index (χ0v) is 8.78. The van der Waals surface area contributed by atoms with Crippen molar-refractivity contribution in [2.45, 2.75) is 26.3 Å². The van der Waals surface area contributed by atoms with Gasteiger partial charge in [-0.25, -0.2) is 4.98 Å². The van der Waals surface area contributed by atoms with Crippen LogP contribution in [-0.4, -0.2) is 29.3 Å². The smallest absolute Gasteiger partial charge is 0.0950 e. The summed E-state index contributed by atoms with van der Waals surface area (Å²) in [5.74, 6) is 0. The molecule has 0 bridgehead atoms. The van der Waals surface area contributed by atoms with Crippen LogP contribution < -0.4 is 5.73 Å². The molecule has 0 amide bonds. The SMILES string of the molecule is CCCOCCn1cnc(CCN)c1. The van der Waals surface area contributed by atoms with E-state index in [9.17, 15) is 0 Å². The zero-order valence-electron chi connectivity index (χ0n) is 8.78. The van der Waals surface area contributed by atoms with Crippen molar-refractivity contribution < 1.29 is 4.74 Å². The molecule has 0 aliphatic rings. The zero-order chi connectivity index (χ0) is 10.2. The van der Waals surface area contributed by atoms with Gasteiger partial charge in [0.2, 0.25) is 0 Å². The van der Waals surface area contributed by atoms with Crippen LogP contribution in [0.5, 0.6) is 0 Å². The molecular formula is C10H19N3O. The predicted octanol–water partition coefficient (Wildman–Crippen LogP) is 0.811. The van der Waals surface area contributed by atoms with Gasteiger partial charge < -0.3 is 15.0 Å². The van der Waals surface area contributed by atoms with Crippen molar-refractivity contribution in [1.29, 1.82) is 0 Å². The number of hydrogen-bond acceptors (Lipinski definition) is 3. The Morgan fingerprint density at radius 3 is 3.07 bits per heavy atom. The lowest BCUT2D eigenvalue weighted by Crippen LogP contribution is -2.05. The highest BCUT2D eigenvalue weighted by atomic mass is 16.5.